The van der Waals surface area contributed by atoms with Crippen molar-refractivity contribution in [1.82, 2.24) is 0 Å². The maximum absolute atomic E-state index is 11.0. The molecule has 1 unspecified atom stereocenters. The molecule has 1 atom stereocenters. The van der Waals surface area contributed by atoms with E-state index in [0.29, 0.717) is 0 Å². The molecule has 0 aromatic carbocycles. The van der Waals surface area contributed by atoms with Crippen LogP contribution in [0.2, 0.25) is 0 Å². The summed E-state index contributed by atoms with van der Waals surface area (Å²) in [6, 6.07) is 0. The molecule has 0 spiro atoms. The van der Waals surface area contributed by atoms with Crippen LogP contribution in [0.4, 0.5) is 0 Å². The molecule has 0 aromatic rings. The van der Waals surface area contributed by atoms with Crippen molar-refractivity contribution in [3.8, 4) is 0 Å². The normalized spacial score (nSPS) is 23.3. The smallest absolute Gasteiger partial charge is 0.327 e. The molecule has 3 nitrogen and oxygen atoms in total. The first-order valence-electron chi connectivity index (χ1n) is 2.80. The summed E-state index contributed by atoms with van der Waals surface area (Å²) in [5, 5.41) is 0.767. The Morgan fingerprint density at radius 2 is 2.45 bits per heavy atom. The van der Waals surface area contributed by atoms with Gasteiger partial charge in [-0.25, -0.2) is 0 Å². The summed E-state index contributed by atoms with van der Waals surface area (Å²) in [5.74, 6) is -0.921. The van der Waals surface area contributed by atoms with Crippen LogP contribution in [0.15, 0.2) is 10.4 Å². The summed E-state index contributed by atoms with van der Waals surface area (Å²) >= 11 is 6.51. The van der Waals surface area contributed by atoms with Crippen LogP contribution in [-0.4, -0.2) is 24.1 Å². The van der Waals surface area contributed by atoms with Gasteiger partial charge in [0.15, 0.2) is 11.0 Å². The van der Waals surface area contributed by atoms with Gasteiger partial charge in [0.05, 0.1) is 12.1 Å². The molecule has 0 N–H and O–H groups in total. The number of rotatable bonds is 1. The Labute approximate surface area is 72.7 Å². The van der Waals surface area contributed by atoms with Crippen molar-refractivity contribution in [2.24, 2.45) is 0 Å². The van der Waals surface area contributed by atoms with Crippen molar-refractivity contribution >= 4 is 35.1 Å². The standard InChI is InChI=1S/C6H5ClO3S/c1-10-6(9)5-4(8)3(7)2-11-5/h2,5H,1H3. The van der Waals surface area contributed by atoms with Crippen molar-refractivity contribution in [3.63, 3.8) is 0 Å². The molecule has 5 heteroatoms. The highest BCUT2D eigenvalue weighted by Crippen LogP contribution is 2.29. The number of allylic oxidation sites excluding steroid dienone is 1. The van der Waals surface area contributed by atoms with E-state index in [9.17, 15) is 9.59 Å². The summed E-state index contributed by atoms with van der Waals surface area (Å²) in [4.78, 5) is 21.8. The molecule has 0 saturated heterocycles. The largest absolute Gasteiger partial charge is 0.468 e. The Balaban J connectivity index is 2.68. The van der Waals surface area contributed by atoms with E-state index in [1.807, 2.05) is 0 Å². The van der Waals surface area contributed by atoms with Gasteiger partial charge in [-0.1, -0.05) is 11.6 Å². The number of thioether (sulfide) groups is 1. The van der Waals surface area contributed by atoms with Gasteiger partial charge in [0, 0.05) is 0 Å². The topological polar surface area (TPSA) is 43.4 Å². The Kier molecular flexibility index (Phi) is 2.57. The molecule has 1 aliphatic heterocycles. The van der Waals surface area contributed by atoms with E-state index in [0.717, 1.165) is 11.8 Å². The number of halogens is 1. The Morgan fingerprint density at radius 1 is 1.82 bits per heavy atom. The van der Waals surface area contributed by atoms with Gasteiger partial charge in [-0.3, -0.25) is 9.59 Å². The lowest BCUT2D eigenvalue weighted by Gasteiger charge is -2.02. The first-order valence-corrected chi connectivity index (χ1v) is 4.12. The van der Waals surface area contributed by atoms with Gasteiger partial charge in [-0.05, 0) is 5.41 Å². The maximum atomic E-state index is 11.0. The molecule has 0 radical (unpaired) electrons. The van der Waals surface area contributed by atoms with Gasteiger partial charge in [0.2, 0.25) is 0 Å². The second-order valence-electron chi connectivity index (χ2n) is 1.87. The van der Waals surface area contributed by atoms with Crippen molar-refractivity contribution in [2.45, 2.75) is 5.25 Å². The minimum Gasteiger partial charge on any atom is -0.468 e. The number of ether oxygens (including phenoxy) is 1. The second kappa shape index (κ2) is 3.28. The molecule has 0 bridgehead atoms. The first-order chi connectivity index (χ1) is 5.16. The highest BCUT2D eigenvalue weighted by Gasteiger charge is 2.33. The summed E-state index contributed by atoms with van der Waals surface area (Å²) in [6.07, 6.45) is 0. The van der Waals surface area contributed by atoms with Gasteiger partial charge < -0.3 is 4.74 Å². The molecular weight excluding hydrogens is 188 g/mol. The third-order valence-corrected chi connectivity index (χ3v) is 2.67. The highest BCUT2D eigenvalue weighted by atomic mass is 35.5. The molecule has 1 heterocycles. The number of hydrogen-bond donors (Lipinski definition) is 0. The maximum Gasteiger partial charge on any atom is 0.327 e. The van der Waals surface area contributed by atoms with Gasteiger partial charge >= 0.3 is 5.97 Å². The van der Waals surface area contributed by atoms with Gasteiger partial charge in [0.1, 0.15) is 0 Å². The molecule has 0 fully saturated rings. The van der Waals surface area contributed by atoms with Crippen LogP contribution in [-0.2, 0) is 14.3 Å². The zero-order valence-corrected chi connectivity index (χ0v) is 7.24. The van der Waals surface area contributed by atoms with Crippen LogP contribution in [0.5, 0.6) is 0 Å². The lowest BCUT2D eigenvalue weighted by Crippen LogP contribution is -2.24. The van der Waals surface area contributed by atoms with E-state index in [1.54, 1.807) is 0 Å². The minimum atomic E-state index is -0.785. The molecule has 1 aliphatic rings. The summed E-state index contributed by atoms with van der Waals surface area (Å²) in [7, 11) is 1.24. The fourth-order valence-corrected chi connectivity index (χ4v) is 1.80. The summed E-state index contributed by atoms with van der Waals surface area (Å²) in [6.45, 7) is 0. The fraction of sp³-hybridized carbons (Fsp3) is 0.333. The Bertz CT molecular complexity index is 236. The van der Waals surface area contributed by atoms with E-state index in [-0.39, 0.29) is 10.8 Å². The van der Waals surface area contributed by atoms with Gasteiger partial charge in [0.25, 0.3) is 0 Å². The zero-order valence-electron chi connectivity index (χ0n) is 5.67. The molecular formula is C6H5ClO3S. The molecule has 0 saturated carbocycles. The fourth-order valence-electron chi connectivity index (χ4n) is 0.643. The highest BCUT2D eigenvalue weighted by molar-refractivity contribution is 8.04. The van der Waals surface area contributed by atoms with Crippen molar-refractivity contribution < 1.29 is 14.3 Å². The number of esters is 1. The Hall–Kier alpha value is -0.480. The average Bonchev–Trinajstić information content (AvgIpc) is 2.32. The number of carbonyl (C=O) groups is 2. The molecule has 0 amide bonds. The molecule has 11 heavy (non-hydrogen) atoms. The molecule has 60 valence electrons. The van der Waals surface area contributed by atoms with E-state index < -0.39 is 11.2 Å². The van der Waals surface area contributed by atoms with Crippen LogP contribution < -0.4 is 0 Å². The van der Waals surface area contributed by atoms with Crippen LogP contribution in [0, 0.1) is 0 Å². The van der Waals surface area contributed by atoms with E-state index >= 15 is 0 Å². The third-order valence-electron chi connectivity index (χ3n) is 1.20. The predicted octanol–water partition coefficient (Wildman–Crippen LogP) is 0.924. The second-order valence-corrected chi connectivity index (χ2v) is 3.26. The number of carbonyl (C=O) groups excluding carboxylic acids is 2. The minimum absolute atomic E-state index is 0.102. The average molecular weight is 193 g/mol. The summed E-state index contributed by atoms with van der Waals surface area (Å²) < 4.78 is 4.38. The van der Waals surface area contributed by atoms with Crippen molar-refractivity contribution in [2.75, 3.05) is 7.11 Å². The van der Waals surface area contributed by atoms with E-state index in [1.165, 1.54) is 12.5 Å². The van der Waals surface area contributed by atoms with E-state index in [2.05, 4.69) is 4.74 Å². The SMILES string of the molecule is COC(=O)C1SC=C(Cl)C1=O. The predicted molar refractivity (Wildman–Crippen MR) is 42.3 cm³/mol. The van der Waals surface area contributed by atoms with Crippen molar-refractivity contribution in [3.05, 3.63) is 10.4 Å². The first kappa shape index (κ1) is 8.62. The lowest BCUT2D eigenvalue weighted by atomic mass is 10.3. The Morgan fingerprint density at radius 3 is 2.82 bits per heavy atom. The molecule has 1 rings (SSSR count). The monoisotopic (exact) mass is 192 g/mol. The number of ketones is 1. The van der Waals surface area contributed by atoms with Gasteiger partial charge in [-0.2, -0.15) is 0 Å². The molecule has 0 aromatic heterocycles. The van der Waals surface area contributed by atoms with Crippen LogP contribution in [0.1, 0.15) is 0 Å². The number of methoxy groups -OCH3 is 1. The number of Topliss-reactive ketones (excluding diaryl/α,β-unsaturated/α-hetero) is 1. The summed E-state index contributed by atoms with van der Waals surface area (Å²) in [5.41, 5.74) is 0. The van der Waals surface area contributed by atoms with Gasteiger partial charge in [-0.15, -0.1) is 11.8 Å². The van der Waals surface area contributed by atoms with E-state index in [4.69, 9.17) is 11.6 Å². The molecule has 0 aliphatic carbocycles. The number of hydrogen-bond acceptors (Lipinski definition) is 4. The lowest BCUT2D eigenvalue weighted by molar-refractivity contribution is -0.141. The zero-order chi connectivity index (χ0) is 8.43. The van der Waals surface area contributed by atoms with Crippen LogP contribution in [0.25, 0.3) is 0 Å². The third kappa shape index (κ3) is 1.57. The quantitative estimate of drug-likeness (QED) is 0.458. The van der Waals surface area contributed by atoms with Crippen LogP contribution in [0.3, 0.4) is 0 Å². The van der Waals surface area contributed by atoms with Crippen LogP contribution >= 0.6 is 23.4 Å². The van der Waals surface area contributed by atoms with Crippen molar-refractivity contribution in [1.29, 1.82) is 0 Å².